The molecule has 1 saturated heterocycles. The van der Waals surface area contributed by atoms with Gasteiger partial charge in [-0.2, -0.15) is 0 Å². The van der Waals surface area contributed by atoms with Crippen molar-refractivity contribution < 1.29 is 14.2 Å². The second-order valence-corrected chi connectivity index (χ2v) is 7.91. The number of aromatic nitrogens is 4. The van der Waals surface area contributed by atoms with Crippen molar-refractivity contribution in [1.82, 2.24) is 20.2 Å². The first-order valence-corrected chi connectivity index (χ1v) is 10.3. The van der Waals surface area contributed by atoms with Crippen molar-refractivity contribution in [3.63, 3.8) is 0 Å². The van der Waals surface area contributed by atoms with E-state index < -0.39 is 0 Å². The van der Waals surface area contributed by atoms with E-state index in [2.05, 4.69) is 22.4 Å². The lowest BCUT2D eigenvalue weighted by Crippen LogP contribution is -3.29. The Labute approximate surface area is 155 Å². The van der Waals surface area contributed by atoms with Gasteiger partial charge in [-0.1, -0.05) is 13.3 Å². The van der Waals surface area contributed by atoms with Gasteiger partial charge in [0.25, 0.3) is 0 Å². The Bertz CT molecular complexity index is 655. The van der Waals surface area contributed by atoms with Crippen LogP contribution in [0.25, 0.3) is 0 Å². The molecule has 0 spiro atoms. The molecule has 7 nitrogen and oxygen atoms in total. The van der Waals surface area contributed by atoms with Gasteiger partial charge in [0.15, 0.2) is 0 Å². The minimum atomic E-state index is 0.384. The van der Waals surface area contributed by atoms with Crippen molar-refractivity contribution in [2.45, 2.75) is 64.1 Å². The number of hydrogen-bond acceptors (Lipinski definition) is 4. The summed E-state index contributed by atoms with van der Waals surface area (Å²) in [6, 6.07) is 5.20. The summed E-state index contributed by atoms with van der Waals surface area (Å²) in [5, 5.41) is 12.6. The van der Waals surface area contributed by atoms with Crippen LogP contribution in [0.3, 0.4) is 0 Å². The van der Waals surface area contributed by atoms with Gasteiger partial charge in [0.2, 0.25) is 5.82 Å². The highest BCUT2D eigenvalue weighted by Crippen LogP contribution is 2.16. The Balaban J connectivity index is 1.44. The van der Waals surface area contributed by atoms with E-state index >= 15 is 0 Å². The number of piperazine rings is 1. The van der Waals surface area contributed by atoms with Crippen LogP contribution in [0.2, 0.25) is 0 Å². The van der Waals surface area contributed by atoms with E-state index in [0.717, 1.165) is 30.5 Å². The summed E-state index contributed by atoms with van der Waals surface area (Å²) in [5.74, 6) is 1.92. The lowest BCUT2D eigenvalue weighted by Gasteiger charge is -2.36. The molecular formula is C19H32N6O+2. The molecule has 1 saturated carbocycles. The molecule has 2 aromatic heterocycles. The second-order valence-electron chi connectivity index (χ2n) is 7.91. The Morgan fingerprint density at radius 1 is 1.23 bits per heavy atom. The van der Waals surface area contributed by atoms with E-state index in [1.807, 2.05) is 21.7 Å². The zero-order valence-electron chi connectivity index (χ0n) is 15.9. The normalized spacial score (nSPS) is 25.6. The van der Waals surface area contributed by atoms with Gasteiger partial charge in [0, 0.05) is 6.42 Å². The maximum atomic E-state index is 5.49. The van der Waals surface area contributed by atoms with Crippen molar-refractivity contribution in [3.05, 3.63) is 30.0 Å². The Morgan fingerprint density at radius 3 is 2.73 bits per heavy atom. The van der Waals surface area contributed by atoms with Gasteiger partial charge in [-0.3, -0.25) is 0 Å². The molecule has 0 aromatic carbocycles. The number of rotatable bonds is 7. The molecule has 1 aliphatic carbocycles. The molecule has 2 N–H and O–H groups in total. The van der Waals surface area contributed by atoms with Gasteiger partial charge in [-0.05, 0) is 48.2 Å². The van der Waals surface area contributed by atoms with E-state index in [1.54, 1.807) is 11.2 Å². The summed E-state index contributed by atoms with van der Waals surface area (Å²) in [6.07, 6.45) is 9.73. The van der Waals surface area contributed by atoms with Crippen LogP contribution in [-0.4, -0.2) is 52.4 Å². The highest BCUT2D eigenvalue weighted by molar-refractivity contribution is 5.00. The monoisotopic (exact) mass is 360 g/mol. The van der Waals surface area contributed by atoms with Crippen LogP contribution >= 0.6 is 0 Å². The Kier molecular flexibility index (Phi) is 5.65. The molecule has 1 atom stereocenters. The van der Waals surface area contributed by atoms with Gasteiger partial charge in [-0.15, -0.1) is 5.10 Å². The minimum absolute atomic E-state index is 0.384. The summed E-state index contributed by atoms with van der Waals surface area (Å²) in [4.78, 5) is 3.50. The van der Waals surface area contributed by atoms with Crippen LogP contribution in [0, 0.1) is 0 Å². The summed E-state index contributed by atoms with van der Waals surface area (Å²) in [7, 11) is 0. The van der Waals surface area contributed by atoms with Gasteiger partial charge in [0.05, 0.1) is 12.3 Å². The fourth-order valence-electron chi connectivity index (χ4n) is 4.91. The summed E-state index contributed by atoms with van der Waals surface area (Å²) in [5.41, 5.74) is 0. The predicted octanol–water partition coefficient (Wildman–Crippen LogP) is -0.118. The number of nitrogens with zero attached hydrogens (tertiary/aromatic N) is 4. The van der Waals surface area contributed by atoms with Crippen LogP contribution in [0.1, 0.15) is 63.1 Å². The number of furan rings is 1. The molecule has 142 valence electrons. The third-order valence-electron chi connectivity index (χ3n) is 6.29. The summed E-state index contributed by atoms with van der Waals surface area (Å²) in [6.45, 7) is 7.91. The molecule has 26 heavy (non-hydrogen) atoms. The van der Waals surface area contributed by atoms with Crippen molar-refractivity contribution in [2.24, 2.45) is 0 Å². The van der Waals surface area contributed by atoms with E-state index in [0.29, 0.717) is 12.6 Å². The SMILES string of the molecule is CCC[C@H](c1nnnn1Cc1ccco1)[NH+]1CC[NH+](C2CCCC2)CC1. The van der Waals surface area contributed by atoms with Crippen LogP contribution in [-0.2, 0) is 6.54 Å². The zero-order chi connectivity index (χ0) is 17.8. The van der Waals surface area contributed by atoms with Crippen molar-refractivity contribution >= 4 is 0 Å². The molecule has 2 fully saturated rings. The van der Waals surface area contributed by atoms with Crippen LogP contribution < -0.4 is 9.80 Å². The average molecular weight is 361 g/mol. The first-order chi connectivity index (χ1) is 12.8. The fraction of sp³-hybridized carbons (Fsp3) is 0.737. The number of quaternary nitrogens is 2. The minimum Gasteiger partial charge on any atom is -0.467 e. The zero-order valence-corrected chi connectivity index (χ0v) is 15.9. The molecule has 7 heteroatoms. The lowest BCUT2D eigenvalue weighted by molar-refractivity contribution is -1.04. The molecule has 2 aromatic rings. The van der Waals surface area contributed by atoms with Crippen LogP contribution in [0.5, 0.6) is 0 Å². The number of hydrogen-bond donors (Lipinski definition) is 2. The highest BCUT2D eigenvalue weighted by Gasteiger charge is 2.36. The highest BCUT2D eigenvalue weighted by atomic mass is 16.3. The maximum Gasteiger partial charge on any atom is 0.209 e. The Morgan fingerprint density at radius 2 is 2.04 bits per heavy atom. The topological polar surface area (TPSA) is 65.6 Å². The van der Waals surface area contributed by atoms with Crippen molar-refractivity contribution in [3.8, 4) is 0 Å². The number of tetrazole rings is 1. The molecule has 1 aliphatic heterocycles. The van der Waals surface area contributed by atoms with E-state index in [9.17, 15) is 0 Å². The molecule has 2 aliphatic rings. The van der Waals surface area contributed by atoms with E-state index in [-0.39, 0.29) is 0 Å². The second kappa shape index (κ2) is 8.31. The third-order valence-corrected chi connectivity index (χ3v) is 6.29. The quantitative estimate of drug-likeness (QED) is 0.723. The smallest absolute Gasteiger partial charge is 0.209 e. The molecule has 0 amide bonds. The Hall–Kier alpha value is -1.73. The molecule has 0 bridgehead atoms. The van der Waals surface area contributed by atoms with E-state index in [4.69, 9.17) is 4.42 Å². The number of nitrogens with one attached hydrogen (secondary N) is 2. The van der Waals surface area contributed by atoms with Crippen molar-refractivity contribution in [2.75, 3.05) is 26.2 Å². The summed E-state index contributed by atoms with van der Waals surface area (Å²) >= 11 is 0. The first kappa shape index (κ1) is 17.7. The summed E-state index contributed by atoms with van der Waals surface area (Å²) < 4.78 is 7.42. The third kappa shape index (κ3) is 3.83. The molecule has 0 unspecified atom stereocenters. The molecule has 4 rings (SSSR count). The molecule has 3 heterocycles. The van der Waals surface area contributed by atoms with Crippen LogP contribution in [0.4, 0.5) is 0 Å². The van der Waals surface area contributed by atoms with Gasteiger partial charge < -0.3 is 14.2 Å². The van der Waals surface area contributed by atoms with Crippen molar-refractivity contribution in [1.29, 1.82) is 0 Å². The van der Waals surface area contributed by atoms with Gasteiger partial charge >= 0.3 is 0 Å². The molecular weight excluding hydrogens is 328 g/mol. The van der Waals surface area contributed by atoms with Crippen LogP contribution in [0.15, 0.2) is 22.8 Å². The molecule has 0 radical (unpaired) electrons. The van der Waals surface area contributed by atoms with Gasteiger partial charge in [0.1, 0.15) is 44.5 Å². The first-order valence-electron chi connectivity index (χ1n) is 10.3. The predicted molar refractivity (Wildman–Crippen MR) is 96.9 cm³/mol. The largest absolute Gasteiger partial charge is 0.467 e. The standard InChI is InChI=1S/C19H30N6O/c1-2-6-18(19-20-21-22-25(19)15-17-9-5-14-26-17)24-12-10-23(11-13-24)16-7-3-4-8-16/h5,9,14,16,18H,2-4,6-8,10-13,15H2,1H3/p+2/t18-/m1/s1. The average Bonchev–Trinajstić information content (AvgIpc) is 3.43. The maximum absolute atomic E-state index is 5.49. The van der Waals surface area contributed by atoms with E-state index in [1.165, 1.54) is 51.9 Å². The lowest BCUT2D eigenvalue weighted by atomic mass is 10.1. The fourth-order valence-corrected chi connectivity index (χ4v) is 4.91. The van der Waals surface area contributed by atoms with Gasteiger partial charge in [-0.25, -0.2) is 4.68 Å².